The van der Waals surface area contributed by atoms with Gasteiger partial charge in [0.1, 0.15) is 24.2 Å². The van der Waals surface area contributed by atoms with Crippen molar-refractivity contribution in [1.29, 1.82) is 0 Å². The van der Waals surface area contributed by atoms with Crippen molar-refractivity contribution in [2.45, 2.75) is 30.0 Å². The van der Waals surface area contributed by atoms with Crippen LogP contribution in [0.15, 0.2) is 58.6 Å². The van der Waals surface area contributed by atoms with Crippen molar-refractivity contribution in [3.63, 3.8) is 0 Å². The van der Waals surface area contributed by atoms with Crippen molar-refractivity contribution in [1.82, 2.24) is 4.72 Å². The molecule has 0 aliphatic rings. The van der Waals surface area contributed by atoms with Gasteiger partial charge in [-0.2, -0.15) is 17.9 Å². The van der Waals surface area contributed by atoms with Crippen molar-refractivity contribution < 1.29 is 54.9 Å². The Labute approximate surface area is 213 Å². The van der Waals surface area contributed by atoms with Gasteiger partial charge in [0, 0.05) is 6.42 Å². The maximum atomic E-state index is 13.5. The van der Waals surface area contributed by atoms with Crippen LogP contribution in [0.5, 0.6) is 5.75 Å². The quantitative estimate of drug-likeness (QED) is 0.0845. The van der Waals surface area contributed by atoms with Crippen LogP contribution in [0.25, 0.3) is 0 Å². The fourth-order valence-corrected chi connectivity index (χ4v) is 3.85. The maximum Gasteiger partial charge on any atom is 0.495 e. The molecule has 208 valence electrons. The number of carbonyl (C=O) groups excluding carboxylic acids is 2. The average Bonchev–Trinajstić information content (AvgIpc) is 2.84. The Morgan fingerprint density at radius 3 is 2.32 bits per heavy atom. The van der Waals surface area contributed by atoms with Gasteiger partial charge < -0.3 is 21.0 Å². The number of benzene rings is 2. The van der Waals surface area contributed by atoms with Crippen LogP contribution >= 0.6 is 0 Å². The lowest BCUT2D eigenvalue weighted by atomic mass is 10.1. The van der Waals surface area contributed by atoms with Crippen molar-refractivity contribution >= 4 is 27.9 Å². The van der Waals surface area contributed by atoms with E-state index in [4.69, 9.17) is 21.0 Å². The molecule has 0 unspecified atom stereocenters. The molecule has 0 heterocycles. The highest BCUT2D eigenvalue weighted by Gasteiger charge is 2.43. The summed E-state index contributed by atoms with van der Waals surface area (Å²) >= 11 is 0. The van der Waals surface area contributed by atoms with Gasteiger partial charge in [0.25, 0.3) is 0 Å². The Balaban J connectivity index is 2.10. The number of sulfonamides is 1. The van der Waals surface area contributed by atoms with E-state index in [9.17, 15) is 35.6 Å². The number of nitrogens with two attached hydrogens (primary N) is 2. The molecule has 17 heteroatoms. The Morgan fingerprint density at radius 2 is 1.71 bits per heavy atom. The van der Waals surface area contributed by atoms with E-state index >= 15 is 0 Å². The van der Waals surface area contributed by atoms with Gasteiger partial charge in [-0.3, -0.25) is 0 Å². The Bertz CT molecular complexity index is 1240. The molecule has 0 bridgehead atoms. The minimum atomic E-state index is -5.47. The molecule has 2 aromatic rings. The summed E-state index contributed by atoms with van der Waals surface area (Å²) in [4.78, 5) is 34.8. The van der Waals surface area contributed by atoms with Crippen LogP contribution < -0.4 is 20.9 Å². The minimum absolute atomic E-state index is 0.171. The lowest BCUT2D eigenvalue weighted by Crippen LogP contribution is -2.44. The van der Waals surface area contributed by atoms with Gasteiger partial charge in [-0.15, -0.1) is 0 Å². The van der Waals surface area contributed by atoms with Crippen LogP contribution in [0.4, 0.5) is 17.6 Å². The summed E-state index contributed by atoms with van der Waals surface area (Å²) in [6.07, 6.45) is -5.50. The topological polar surface area (TPSA) is 182 Å². The molecule has 38 heavy (non-hydrogen) atoms. The second-order valence-electron chi connectivity index (χ2n) is 7.30. The molecule has 0 saturated carbocycles. The molecular formula is C21H22F4N4O8S. The third-order valence-electron chi connectivity index (χ3n) is 4.30. The summed E-state index contributed by atoms with van der Waals surface area (Å²) in [5, 5.41) is 3.33. The molecule has 0 fully saturated rings. The monoisotopic (exact) mass is 566 g/mol. The molecular weight excluding hydrogens is 544 g/mol. The third-order valence-corrected chi connectivity index (χ3v) is 5.77. The summed E-state index contributed by atoms with van der Waals surface area (Å²) in [7, 11) is -4.56. The van der Waals surface area contributed by atoms with E-state index in [-0.39, 0.29) is 19.2 Å². The highest BCUT2D eigenvalue weighted by atomic mass is 32.2. The highest BCUT2D eigenvalue weighted by Crippen LogP contribution is 2.19. The van der Waals surface area contributed by atoms with Crippen LogP contribution in [0.2, 0.25) is 0 Å². The Kier molecular flexibility index (Phi) is 10.6. The fourth-order valence-electron chi connectivity index (χ4n) is 2.64. The number of rotatable bonds is 12. The van der Waals surface area contributed by atoms with Crippen LogP contribution in [0.1, 0.15) is 12.0 Å². The van der Waals surface area contributed by atoms with Gasteiger partial charge in [0.15, 0.2) is 0 Å². The van der Waals surface area contributed by atoms with Crippen molar-refractivity contribution in [2.24, 2.45) is 16.6 Å². The molecule has 0 amide bonds. The summed E-state index contributed by atoms with van der Waals surface area (Å²) in [6, 6.07) is 7.68. The zero-order valence-corrected chi connectivity index (χ0v) is 20.1. The van der Waals surface area contributed by atoms with Gasteiger partial charge >= 0.3 is 18.1 Å². The van der Waals surface area contributed by atoms with E-state index in [1.807, 2.05) is 4.72 Å². The molecule has 5 N–H and O–H groups in total. The molecule has 12 nitrogen and oxygen atoms in total. The molecule has 1 atom stereocenters. The number of alkyl halides is 3. The summed E-state index contributed by atoms with van der Waals surface area (Å²) < 4.78 is 83.2. The van der Waals surface area contributed by atoms with Crippen molar-refractivity contribution in [3.05, 3.63) is 59.9 Å². The first-order valence-corrected chi connectivity index (χ1v) is 12.0. The van der Waals surface area contributed by atoms with Gasteiger partial charge in [0.2, 0.25) is 16.0 Å². The smallest absolute Gasteiger partial charge is 0.493 e. The SMILES string of the molecule is NC(N)=NOCCCOc1ccc(C[C@H](NS(=O)(=O)c2cccc(F)c2)C(=O)OOC(=O)C(F)(F)F)cc1. The first-order chi connectivity index (χ1) is 17.8. The van der Waals surface area contributed by atoms with Crippen LogP contribution in [-0.2, 0) is 40.6 Å². The van der Waals surface area contributed by atoms with Crippen LogP contribution in [0.3, 0.4) is 0 Å². The summed E-state index contributed by atoms with van der Waals surface area (Å²) in [5.74, 6) is -5.24. The first kappa shape index (κ1) is 30.1. The standard InChI is InChI=1S/C21H22F4N4O8S/c22-14-3-1-4-16(12-14)38(32,33)29-17(18(30)36-37-19(31)21(23,24)25)11-13-5-7-15(8-6-13)34-9-2-10-35-28-20(26)27/h1,3-8,12,17,29H,2,9-11H2,(H4,26,27,28)/t17-/m0/s1. The Hall–Kier alpha value is -4.12. The van der Waals surface area contributed by atoms with E-state index in [1.54, 1.807) is 0 Å². The zero-order valence-electron chi connectivity index (χ0n) is 19.3. The molecule has 0 aliphatic carbocycles. The molecule has 2 aromatic carbocycles. The van der Waals surface area contributed by atoms with Gasteiger partial charge in [-0.05, 0) is 47.5 Å². The zero-order chi connectivity index (χ0) is 28.3. The fraction of sp³-hybridized carbons (Fsp3) is 0.286. The number of halogens is 4. The lowest BCUT2D eigenvalue weighted by molar-refractivity contribution is -0.286. The molecule has 2 rings (SSSR count). The largest absolute Gasteiger partial charge is 0.495 e. The highest BCUT2D eigenvalue weighted by molar-refractivity contribution is 7.89. The second kappa shape index (κ2) is 13.4. The van der Waals surface area contributed by atoms with E-state index in [0.29, 0.717) is 23.8 Å². The van der Waals surface area contributed by atoms with Gasteiger partial charge in [-0.1, -0.05) is 18.2 Å². The number of guanidine groups is 1. The van der Waals surface area contributed by atoms with E-state index < -0.39 is 51.3 Å². The summed E-state index contributed by atoms with van der Waals surface area (Å²) in [5.41, 5.74) is 10.5. The molecule has 0 spiro atoms. The number of nitrogens with zero attached hydrogens (tertiary/aromatic N) is 1. The lowest BCUT2D eigenvalue weighted by Gasteiger charge is -2.17. The van der Waals surface area contributed by atoms with Gasteiger partial charge in [-0.25, -0.2) is 32.2 Å². The normalized spacial score (nSPS) is 12.2. The number of oxime groups is 1. The minimum Gasteiger partial charge on any atom is -0.493 e. The molecule has 0 aliphatic heterocycles. The average molecular weight is 566 g/mol. The predicted molar refractivity (Wildman–Crippen MR) is 121 cm³/mol. The van der Waals surface area contributed by atoms with Crippen LogP contribution in [-0.4, -0.2) is 51.7 Å². The van der Waals surface area contributed by atoms with Crippen LogP contribution in [0, 0.1) is 5.82 Å². The number of hydrogen-bond acceptors (Lipinski definition) is 9. The van der Waals surface area contributed by atoms with Gasteiger partial charge in [0.05, 0.1) is 11.5 Å². The second-order valence-corrected chi connectivity index (χ2v) is 9.02. The van der Waals surface area contributed by atoms with Crippen molar-refractivity contribution in [3.8, 4) is 5.75 Å². The summed E-state index contributed by atoms with van der Waals surface area (Å²) in [6.45, 7) is 0.385. The first-order valence-electron chi connectivity index (χ1n) is 10.5. The van der Waals surface area contributed by atoms with Crippen molar-refractivity contribution in [2.75, 3.05) is 13.2 Å². The number of nitrogens with one attached hydrogen (secondary N) is 1. The van der Waals surface area contributed by atoms with E-state index in [0.717, 1.165) is 18.2 Å². The van der Waals surface area contributed by atoms with E-state index in [1.165, 1.54) is 24.3 Å². The van der Waals surface area contributed by atoms with E-state index in [2.05, 4.69) is 14.9 Å². The molecule has 0 aromatic heterocycles. The number of hydrogen-bond donors (Lipinski definition) is 3. The Morgan fingerprint density at radius 1 is 1.03 bits per heavy atom. The number of ether oxygens (including phenoxy) is 1. The molecule has 0 radical (unpaired) electrons. The predicted octanol–water partition coefficient (Wildman–Crippen LogP) is 1.25. The number of carbonyl (C=O) groups is 2. The third kappa shape index (κ3) is 10.1. The molecule has 0 saturated heterocycles. The maximum absolute atomic E-state index is 13.5.